The highest BCUT2D eigenvalue weighted by atomic mass is 32.3. The van der Waals surface area contributed by atoms with Gasteiger partial charge in [0.1, 0.15) is 11.5 Å². The molecule has 3 aliphatic carbocycles. The molecule has 0 heterocycles. The van der Waals surface area contributed by atoms with Crippen molar-refractivity contribution in [1.82, 2.24) is 0 Å². The number of benzene rings is 1. The zero-order valence-electron chi connectivity index (χ0n) is 13.5. The van der Waals surface area contributed by atoms with E-state index < -0.39 is 10.4 Å². The molecule has 1 aromatic rings. The lowest BCUT2D eigenvalue weighted by molar-refractivity contribution is -0.126. The van der Waals surface area contributed by atoms with Crippen molar-refractivity contribution in [1.29, 1.82) is 0 Å². The maximum Gasteiger partial charge on any atom is 0.446 e. The molecule has 2 saturated carbocycles. The van der Waals surface area contributed by atoms with Gasteiger partial charge in [0.2, 0.25) is 0 Å². The van der Waals surface area contributed by atoms with Crippen LogP contribution < -0.4 is 4.18 Å². The molecule has 6 heteroatoms. The van der Waals surface area contributed by atoms with E-state index in [0.29, 0.717) is 30.5 Å². The summed E-state index contributed by atoms with van der Waals surface area (Å²) in [4.78, 5) is 12.3. The molecule has 5 nitrogen and oxygen atoms in total. The van der Waals surface area contributed by atoms with Gasteiger partial charge < -0.3 is 4.18 Å². The Balaban J connectivity index is 1.68. The summed E-state index contributed by atoms with van der Waals surface area (Å²) in [6.45, 7) is 2.11. The topological polar surface area (TPSA) is 80.7 Å². The Kier molecular flexibility index (Phi) is 3.41. The molecule has 1 N–H and O–H groups in total. The normalized spacial score (nSPS) is 31.8. The minimum atomic E-state index is -4.51. The summed E-state index contributed by atoms with van der Waals surface area (Å²) >= 11 is 0. The van der Waals surface area contributed by atoms with Crippen LogP contribution in [0.25, 0.3) is 0 Å². The maximum absolute atomic E-state index is 12.3. The molecule has 0 saturated heterocycles. The number of rotatable bonds is 2. The standard InChI is InChI=1S/C18H20O5S/c1-18-9-8-14-13-5-3-12(23-24(20,21)22)10-11(13)2-4-15(14)16(18)6-7-17(18)19/h3-5,10,14,16H,2,6-9H2,1H3,(H,20,21,22)/t14?,16?,18-/m0/s1. The van der Waals surface area contributed by atoms with Crippen LogP contribution >= 0.6 is 0 Å². The van der Waals surface area contributed by atoms with Gasteiger partial charge in [-0.2, -0.15) is 8.42 Å². The summed E-state index contributed by atoms with van der Waals surface area (Å²) in [6.07, 6.45) is 6.38. The van der Waals surface area contributed by atoms with Gasteiger partial charge in [-0.1, -0.05) is 24.6 Å². The maximum atomic E-state index is 12.3. The highest BCUT2D eigenvalue weighted by molar-refractivity contribution is 7.81. The van der Waals surface area contributed by atoms with Gasteiger partial charge in [-0.3, -0.25) is 9.35 Å². The van der Waals surface area contributed by atoms with Crippen molar-refractivity contribution >= 4 is 16.2 Å². The Bertz CT molecular complexity index is 854. The zero-order chi connectivity index (χ0) is 17.1. The van der Waals surface area contributed by atoms with Crippen LogP contribution in [0.15, 0.2) is 29.8 Å². The fourth-order valence-corrected chi connectivity index (χ4v) is 5.24. The molecule has 0 aliphatic heterocycles. The van der Waals surface area contributed by atoms with Gasteiger partial charge in [-0.15, -0.1) is 0 Å². The van der Waals surface area contributed by atoms with Gasteiger partial charge in [0.15, 0.2) is 0 Å². The van der Waals surface area contributed by atoms with Crippen molar-refractivity contribution in [3.8, 4) is 5.75 Å². The summed E-state index contributed by atoms with van der Waals surface area (Å²) in [5.74, 6) is 1.17. The highest BCUT2D eigenvalue weighted by Gasteiger charge is 2.52. The average Bonchev–Trinajstić information content (AvgIpc) is 2.81. The molecule has 3 atom stereocenters. The lowest BCUT2D eigenvalue weighted by Gasteiger charge is -2.43. The Morgan fingerprint density at radius 1 is 1.29 bits per heavy atom. The third-order valence-electron chi connectivity index (χ3n) is 6.07. The lowest BCUT2D eigenvalue weighted by atomic mass is 9.60. The Morgan fingerprint density at radius 2 is 2.08 bits per heavy atom. The van der Waals surface area contributed by atoms with Crippen LogP contribution in [0, 0.1) is 11.3 Å². The molecule has 0 radical (unpaired) electrons. The van der Waals surface area contributed by atoms with Crippen molar-refractivity contribution < 1.29 is 21.9 Å². The number of carbonyl (C=O) groups excluding carboxylic acids is 1. The van der Waals surface area contributed by atoms with E-state index in [1.165, 1.54) is 11.1 Å². The fraction of sp³-hybridized carbons (Fsp3) is 0.500. The molecule has 0 aromatic heterocycles. The largest absolute Gasteiger partial charge is 0.446 e. The van der Waals surface area contributed by atoms with Crippen molar-refractivity contribution in [2.24, 2.45) is 11.3 Å². The lowest BCUT2D eigenvalue weighted by Crippen LogP contribution is -2.37. The monoisotopic (exact) mass is 348 g/mol. The molecular weight excluding hydrogens is 328 g/mol. The van der Waals surface area contributed by atoms with Crippen LogP contribution in [0.1, 0.15) is 49.7 Å². The van der Waals surface area contributed by atoms with E-state index in [1.807, 2.05) is 6.07 Å². The smallest absolute Gasteiger partial charge is 0.362 e. The second-order valence-electron chi connectivity index (χ2n) is 7.30. The van der Waals surface area contributed by atoms with E-state index in [4.69, 9.17) is 4.55 Å². The number of carbonyl (C=O) groups is 1. The van der Waals surface area contributed by atoms with Crippen LogP contribution in [0.2, 0.25) is 0 Å². The molecule has 4 rings (SSSR count). The molecule has 2 fully saturated rings. The summed E-state index contributed by atoms with van der Waals surface area (Å²) in [5, 5.41) is 0. The molecule has 128 valence electrons. The molecule has 3 aliphatic rings. The first-order valence-electron chi connectivity index (χ1n) is 8.31. The molecule has 0 bridgehead atoms. The van der Waals surface area contributed by atoms with Crippen molar-refractivity contribution in [3.05, 3.63) is 41.0 Å². The van der Waals surface area contributed by atoms with E-state index >= 15 is 0 Å². The first-order valence-corrected chi connectivity index (χ1v) is 9.67. The SMILES string of the molecule is C[C@]12CCC3C(=CCc4cc(OS(=O)(=O)O)ccc43)C1CCC2=O. The van der Waals surface area contributed by atoms with Gasteiger partial charge in [-0.05, 0) is 54.9 Å². The number of Topliss-reactive ketones (excluding diaryl/α,β-unsaturated/α-hetero) is 1. The molecule has 1 aromatic carbocycles. The van der Waals surface area contributed by atoms with Crippen LogP contribution in [-0.4, -0.2) is 18.8 Å². The Morgan fingerprint density at radius 3 is 2.83 bits per heavy atom. The quantitative estimate of drug-likeness (QED) is 0.656. The second kappa shape index (κ2) is 5.17. The number of allylic oxidation sites excluding steroid dienone is 2. The summed E-state index contributed by atoms with van der Waals surface area (Å²) in [5.41, 5.74) is 3.40. The minimum Gasteiger partial charge on any atom is -0.362 e. The van der Waals surface area contributed by atoms with Crippen molar-refractivity contribution in [2.75, 3.05) is 0 Å². The van der Waals surface area contributed by atoms with E-state index in [-0.39, 0.29) is 11.2 Å². The van der Waals surface area contributed by atoms with Gasteiger partial charge >= 0.3 is 10.4 Å². The Labute approximate surface area is 141 Å². The van der Waals surface area contributed by atoms with E-state index in [2.05, 4.69) is 17.2 Å². The first kappa shape index (κ1) is 15.8. The first-order chi connectivity index (χ1) is 11.3. The van der Waals surface area contributed by atoms with Crippen molar-refractivity contribution in [3.63, 3.8) is 0 Å². The highest BCUT2D eigenvalue weighted by Crippen LogP contribution is 2.57. The van der Waals surface area contributed by atoms with Gasteiger partial charge in [0.25, 0.3) is 0 Å². The number of hydrogen-bond donors (Lipinski definition) is 1. The summed E-state index contributed by atoms with van der Waals surface area (Å²) in [7, 11) is -4.51. The minimum absolute atomic E-state index is 0.129. The van der Waals surface area contributed by atoms with E-state index in [9.17, 15) is 13.2 Å². The predicted octanol–water partition coefficient (Wildman–Crippen LogP) is 3.21. The van der Waals surface area contributed by atoms with Crippen LogP contribution in [0.5, 0.6) is 5.75 Å². The number of fused-ring (bicyclic) bond motifs is 5. The summed E-state index contributed by atoms with van der Waals surface area (Å²) in [6, 6.07) is 5.17. The van der Waals surface area contributed by atoms with Crippen LogP contribution in [-0.2, 0) is 21.6 Å². The molecule has 2 unspecified atom stereocenters. The van der Waals surface area contributed by atoms with Gasteiger partial charge in [0, 0.05) is 17.8 Å². The molecule has 0 spiro atoms. The van der Waals surface area contributed by atoms with Crippen LogP contribution in [0.4, 0.5) is 0 Å². The average molecular weight is 348 g/mol. The fourth-order valence-electron chi connectivity index (χ4n) is 4.90. The van der Waals surface area contributed by atoms with E-state index in [0.717, 1.165) is 24.8 Å². The summed E-state index contributed by atoms with van der Waals surface area (Å²) < 4.78 is 35.1. The van der Waals surface area contributed by atoms with Gasteiger partial charge in [0.05, 0.1) is 0 Å². The molecular formula is C18H20O5S. The third-order valence-corrected chi connectivity index (χ3v) is 6.48. The van der Waals surface area contributed by atoms with Gasteiger partial charge in [-0.25, -0.2) is 0 Å². The van der Waals surface area contributed by atoms with Crippen molar-refractivity contribution in [2.45, 2.75) is 44.9 Å². The third kappa shape index (κ3) is 2.40. The second-order valence-corrected chi connectivity index (χ2v) is 8.33. The predicted molar refractivity (Wildman–Crippen MR) is 88.2 cm³/mol. The molecule has 24 heavy (non-hydrogen) atoms. The zero-order valence-corrected chi connectivity index (χ0v) is 14.3. The molecule has 0 amide bonds. The number of ketones is 1. The Hall–Kier alpha value is -1.66. The van der Waals surface area contributed by atoms with Crippen LogP contribution in [0.3, 0.4) is 0 Å². The van der Waals surface area contributed by atoms with E-state index in [1.54, 1.807) is 12.1 Å². The number of hydrogen-bond acceptors (Lipinski definition) is 4.